The normalized spacial score (nSPS) is 17.9. The van der Waals surface area contributed by atoms with Gasteiger partial charge in [0.05, 0.1) is 0 Å². The molecular formula is C16H26BrN3. The largest absolute Gasteiger partial charge is 0.316 e. The lowest BCUT2D eigenvalue weighted by atomic mass is 10.0. The Morgan fingerprint density at radius 1 is 1.35 bits per heavy atom. The van der Waals surface area contributed by atoms with Gasteiger partial charge in [-0.25, -0.2) is 0 Å². The van der Waals surface area contributed by atoms with Gasteiger partial charge in [-0.15, -0.1) is 0 Å². The number of nitrogens with one attached hydrogen (secondary N) is 1. The van der Waals surface area contributed by atoms with Crippen LogP contribution in [0.5, 0.6) is 0 Å². The lowest BCUT2D eigenvalue weighted by molar-refractivity contribution is 0.139. The third-order valence-electron chi connectivity index (χ3n) is 4.23. The third kappa shape index (κ3) is 4.29. The molecule has 0 radical (unpaired) electrons. The van der Waals surface area contributed by atoms with E-state index in [1.54, 1.807) is 0 Å². The van der Waals surface area contributed by atoms with E-state index in [1.807, 2.05) is 7.05 Å². The Kier molecular flexibility index (Phi) is 6.02. The maximum absolute atomic E-state index is 3.72. The predicted molar refractivity (Wildman–Crippen MR) is 88.9 cm³/mol. The second-order valence-corrected chi connectivity index (χ2v) is 6.76. The number of hydrogen-bond donors (Lipinski definition) is 1. The predicted octanol–water partition coefficient (Wildman–Crippen LogP) is 2.69. The molecule has 0 saturated carbocycles. The lowest BCUT2D eigenvalue weighted by Gasteiger charge is -2.35. The molecule has 1 fully saturated rings. The number of hydrogen-bond acceptors (Lipinski definition) is 3. The highest BCUT2D eigenvalue weighted by molar-refractivity contribution is 9.10. The molecule has 1 aliphatic heterocycles. The number of likely N-dealkylation sites (tertiary alicyclic amines) is 1. The summed E-state index contributed by atoms with van der Waals surface area (Å²) >= 11 is 3.72. The molecule has 1 heterocycles. The van der Waals surface area contributed by atoms with E-state index in [2.05, 4.69) is 63.3 Å². The molecule has 0 amide bonds. The fourth-order valence-corrected chi connectivity index (χ4v) is 3.42. The zero-order valence-corrected chi connectivity index (χ0v) is 14.4. The number of halogens is 1. The van der Waals surface area contributed by atoms with Crippen LogP contribution in [0.25, 0.3) is 0 Å². The first-order valence-electron chi connectivity index (χ1n) is 7.41. The van der Waals surface area contributed by atoms with E-state index < -0.39 is 0 Å². The van der Waals surface area contributed by atoms with Crippen molar-refractivity contribution in [3.05, 3.63) is 33.8 Å². The molecule has 3 nitrogen and oxygen atoms in total. The highest BCUT2D eigenvalue weighted by atomic mass is 79.9. The minimum absolute atomic E-state index is 0.718. The molecule has 1 aromatic rings. The van der Waals surface area contributed by atoms with Gasteiger partial charge in [0.1, 0.15) is 0 Å². The summed E-state index contributed by atoms with van der Waals surface area (Å²) in [6, 6.07) is 7.42. The van der Waals surface area contributed by atoms with Crippen molar-refractivity contribution in [1.82, 2.24) is 15.1 Å². The van der Waals surface area contributed by atoms with Gasteiger partial charge >= 0.3 is 0 Å². The van der Waals surface area contributed by atoms with Gasteiger partial charge in [0, 0.05) is 23.6 Å². The first-order chi connectivity index (χ1) is 9.60. The number of rotatable bonds is 5. The van der Waals surface area contributed by atoms with Crippen LogP contribution < -0.4 is 5.32 Å². The lowest BCUT2D eigenvalue weighted by Crippen LogP contribution is -2.41. The van der Waals surface area contributed by atoms with Crippen LogP contribution in [0, 0.1) is 0 Å². The molecule has 1 N–H and O–H groups in total. The molecule has 20 heavy (non-hydrogen) atoms. The number of benzene rings is 1. The van der Waals surface area contributed by atoms with E-state index in [9.17, 15) is 0 Å². The standard InChI is InChI=1S/C16H26BrN3/c1-18-11-13-4-5-14(16(17)10-13)12-20(3)15-6-8-19(2)9-7-15/h4-5,10,15,18H,6-9,11-12H2,1-3H3. The number of piperidine rings is 1. The molecule has 0 unspecified atom stereocenters. The first-order valence-corrected chi connectivity index (χ1v) is 8.20. The Morgan fingerprint density at radius 3 is 2.65 bits per heavy atom. The quantitative estimate of drug-likeness (QED) is 0.889. The van der Waals surface area contributed by atoms with Gasteiger partial charge in [-0.2, -0.15) is 0 Å². The molecule has 1 aromatic carbocycles. The Bertz CT molecular complexity index is 428. The highest BCUT2D eigenvalue weighted by Crippen LogP contribution is 2.23. The summed E-state index contributed by atoms with van der Waals surface area (Å²) in [6.45, 7) is 4.38. The zero-order chi connectivity index (χ0) is 14.5. The Hall–Kier alpha value is -0.420. The summed E-state index contributed by atoms with van der Waals surface area (Å²) in [5.41, 5.74) is 2.70. The average molecular weight is 340 g/mol. The van der Waals surface area contributed by atoms with E-state index in [4.69, 9.17) is 0 Å². The summed E-state index contributed by atoms with van der Waals surface area (Å²) in [7, 11) is 6.45. The summed E-state index contributed by atoms with van der Waals surface area (Å²) in [5, 5.41) is 3.19. The zero-order valence-electron chi connectivity index (χ0n) is 12.8. The van der Waals surface area contributed by atoms with Gasteiger partial charge in [-0.05, 0) is 64.3 Å². The smallest absolute Gasteiger partial charge is 0.0244 e. The maximum Gasteiger partial charge on any atom is 0.0244 e. The molecular weight excluding hydrogens is 314 g/mol. The molecule has 1 saturated heterocycles. The summed E-state index contributed by atoms with van der Waals surface area (Å²) in [5.74, 6) is 0. The van der Waals surface area contributed by atoms with E-state index in [1.165, 1.54) is 41.5 Å². The minimum Gasteiger partial charge on any atom is -0.316 e. The van der Waals surface area contributed by atoms with E-state index >= 15 is 0 Å². The first kappa shape index (κ1) is 16.0. The van der Waals surface area contributed by atoms with Crippen molar-refractivity contribution in [3.63, 3.8) is 0 Å². The molecule has 0 bridgehead atoms. The Morgan fingerprint density at radius 2 is 2.05 bits per heavy atom. The van der Waals surface area contributed by atoms with Crippen LogP contribution in [0.4, 0.5) is 0 Å². The van der Waals surface area contributed by atoms with Crippen LogP contribution in [-0.4, -0.2) is 50.1 Å². The molecule has 0 aromatic heterocycles. The average Bonchev–Trinajstić information content (AvgIpc) is 2.43. The van der Waals surface area contributed by atoms with Gasteiger partial charge in [0.25, 0.3) is 0 Å². The maximum atomic E-state index is 3.72. The van der Waals surface area contributed by atoms with Gasteiger partial charge in [0.15, 0.2) is 0 Å². The highest BCUT2D eigenvalue weighted by Gasteiger charge is 2.20. The monoisotopic (exact) mass is 339 g/mol. The molecule has 0 spiro atoms. The number of nitrogens with zero attached hydrogens (tertiary/aromatic N) is 2. The van der Waals surface area contributed by atoms with Crippen LogP contribution in [0.3, 0.4) is 0 Å². The SMILES string of the molecule is CNCc1ccc(CN(C)C2CCN(C)CC2)c(Br)c1. The fourth-order valence-electron chi connectivity index (χ4n) is 2.87. The van der Waals surface area contributed by atoms with Crippen molar-refractivity contribution in [3.8, 4) is 0 Å². The van der Waals surface area contributed by atoms with Crippen molar-refractivity contribution < 1.29 is 0 Å². The van der Waals surface area contributed by atoms with Crippen LogP contribution in [0.1, 0.15) is 24.0 Å². The molecule has 0 atom stereocenters. The molecule has 1 aliphatic rings. The van der Waals surface area contributed by atoms with Crippen molar-refractivity contribution in [2.45, 2.75) is 32.0 Å². The molecule has 112 valence electrons. The van der Waals surface area contributed by atoms with Crippen molar-refractivity contribution in [2.75, 3.05) is 34.2 Å². The van der Waals surface area contributed by atoms with Gasteiger partial charge in [-0.1, -0.05) is 28.1 Å². The van der Waals surface area contributed by atoms with Crippen LogP contribution >= 0.6 is 15.9 Å². The fraction of sp³-hybridized carbons (Fsp3) is 0.625. The van der Waals surface area contributed by atoms with E-state index in [-0.39, 0.29) is 0 Å². The summed E-state index contributed by atoms with van der Waals surface area (Å²) in [4.78, 5) is 4.93. The summed E-state index contributed by atoms with van der Waals surface area (Å²) < 4.78 is 1.23. The topological polar surface area (TPSA) is 18.5 Å². The Balaban J connectivity index is 1.95. The van der Waals surface area contributed by atoms with Crippen molar-refractivity contribution >= 4 is 15.9 Å². The van der Waals surface area contributed by atoms with Gasteiger partial charge in [0.2, 0.25) is 0 Å². The second kappa shape index (κ2) is 7.55. The van der Waals surface area contributed by atoms with Crippen LogP contribution in [0.15, 0.2) is 22.7 Å². The van der Waals surface area contributed by atoms with Crippen molar-refractivity contribution in [2.24, 2.45) is 0 Å². The Labute approximate surface area is 131 Å². The van der Waals surface area contributed by atoms with E-state index in [0.717, 1.165) is 19.1 Å². The van der Waals surface area contributed by atoms with Crippen LogP contribution in [-0.2, 0) is 13.1 Å². The minimum atomic E-state index is 0.718. The molecule has 0 aliphatic carbocycles. The van der Waals surface area contributed by atoms with Crippen molar-refractivity contribution in [1.29, 1.82) is 0 Å². The van der Waals surface area contributed by atoms with E-state index in [0.29, 0.717) is 0 Å². The molecule has 2 rings (SSSR count). The van der Waals surface area contributed by atoms with Gasteiger partial charge in [-0.3, -0.25) is 4.90 Å². The van der Waals surface area contributed by atoms with Crippen LogP contribution in [0.2, 0.25) is 0 Å². The summed E-state index contributed by atoms with van der Waals surface area (Å²) in [6.07, 6.45) is 2.56. The second-order valence-electron chi connectivity index (χ2n) is 5.91. The van der Waals surface area contributed by atoms with Gasteiger partial charge < -0.3 is 10.2 Å². The molecule has 4 heteroatoms. The third-order valence-corrected chi connectivity index (χ3v) is 4.97.